The lowest BCUT2D eigenvalue weighted by atomic mass is 10.1. The predicted octanol–water partition coefficient (Wildman–Crippen LogP) is 3.76. The Hall–Kier alpha value is -0.710. The first-order valence-corrected chi connectivity index (χ1v) is 6.80. The minimum atomic E-state index is 0.335. The van der Waals surface area contributed by atoms with Crippen molar-refractivity contribution in [3.8, 4) is 0 Å². The highest BCUT2D eigenvalue weighted by molar-refractivity contribution is 9.10. The van der Waals surface area contributed by atoms with E-state index >= 15 is 0 Å². The molecule has 2 rings (SSSR count). The number of rotatable bonds is 4. The van der Waals surface area contributed by atoms with Crippen LogP contribution in [0, 0.1) is 0 Å². The second-order valence-electron chi connectivity index (χ2n) is 3.58. The van der Waals surface area contributed by atoms with Crippen molar-refractivity contribution >= 4 is 27.3 Å². The van der Waals surface area contributed by atoms with E-state index in [1.165, 1.54) is 5.56 Å². The maximum Gasteiger partial charge on any atom is 0.106 e. The van der Waals surface area contributed by atoms with Gasteiger partial charge in [-0.1, -0.05) is 28.1 Å². The highest BCUT2D eigenvalue weighted by Crippen LogP contribution is 2.18. The molecule has 0 aliphatic carbocycles. The van der Waals surface area contributed by atoms with Crippen LogP contribution in [0.25, 0.3) is 0 Å². The van der Waals surface area contributed by atoms with Crippen molar-refractivity contribution in [1.82, 2.24) is 10.3 Å². The zero-order valence-corrected chi connectivity index (χ0v) is 11.4. The molecule has 1 heterocycles. The number of aromatic nitrogens is 1. The molecule has 16 heavy (non-hydrogen) atoms. The van der Waals surface area contributed by atoms with Gasteiger partial charge in [0.1, 0.15) is 5.01 Å². The lowest BCUT2D eigenvalue weighted by Gasteiger charge is -2.13. The molecule has 0 spiro atoms. The van der Waals surface area contributed by atoms with Gasteiger partial charge in [0.05, 0.1) is 0 Å². The van der Waals surface area contributed by atoms with Gasteiger partial charge in [0.2, 0.25) is 0 Å². The van der Waals surface area contributed by atoms with E-state index in [9.17, 15) is 0 Å². The second kappa shape index (κ2) is 5.57. The Kier molecular flexibility index (Phi) is 4.09. The summed E-state index contributed by atoms with van der Waals surface area (Å²) in [4.78, 5) is 4.25. The third kappa shape index (κ3) is 3.14. The van der Waals surface area contributed by atoms with Crippen LogP contribution in [0.4, 0.5) is 0 Å². The number of benzene rings is 1. The van der Waals surface area contributed by atoms with Gasteiger partial charge in [-0.05, 0) is 24.6 Å². The first-order valence-electron chi connectivity index (χ1n) is 5.13. The Morgan fingerprint density at radius 2 is 2.38 bits per heavy atom. The average Bonchev–Trinajstić information content (AvgIpc) is 2.78. The Balaban J connectivity index is 1.95. The van der Waals surface area contributed by atoms with E-state index in [0.717, 1.165) is 16.0 Å². The number of thiazole rings is 1. The van der Waals surface area contributed by atoms with Crippen molar-refractivity contribution in [3.63, 3.8) is 0 Å². The van der Waals surface area contributed by atoms with Crippen LogP contribution in [0.2, 0.25) is 0 Å². The van der Waals surface area contributed by atoms with Crippen LogP contribution in [0.1, 0.15) is 23.5 Å². The summed E-state index contributed by atoms with van der Waals surface area (Å²) < 4.78 is 1.12. The number of hydrogen-bond donors (Lipinski definition) is 1. The monoisotopic (exact) mass is 296 g/mol. The van der Waals surface area contributed by atoms with Gasteiger partial charge in [-0.15, -0.1) is 11.3 Å². The van der Waals surface area contributed by atoms with Crippen LogP contribution < -0.4 is 5.32 Å². The summed E-state index contributed by atoms with van der Waals surface area (Å²) in [5.41, 5.74) is 1.28. The van der Waals surface area contributed by atoms with Crippen LogP contribution in [0.3, 0.4) is 0 Å². The van der Waals surface area contributed by atoms with Crippen LogP contribution in [0.5, 0.6) is 0 Å². The molecule has 0 fully saturated rings. The largest absolute Gasteiger partial charge is 0.304 e. The third-order valence-corrected chi connectivity index (χ3v) is 3.66. The van der Waals surface area contributed by atoms with E-state index < -0.39 is 0 Å². The van der Waals surface area contributed by atoms with Crippen LogP contribution in [-0.2, 0) is 6.54 Å². The summed E-state index contributed by atoms with van der Waals surface area (Å²) in [5.74, 6) is 0. The van der Waals surface area contributed by atoms with Crippen LogP contribution in [-0.4, -0.2) is 4.98 Å². The Labute approximate surface area is 108 Å². The van der Waals surface area contributed by atoms with Gasteiger partial charge >= 0.3 is 0 Å². The topological polar surface area (TPSA) is 24.9 Å². The number of hydrogen-bond acceptors (Lipinski definition) is 3. The molecule has 0 aliphatic heterocycles. The van der Waals surface area contributed by atoms with Crippen LogP contribution >= 0.6 is 27.3 Å². The molecule has 1 aromatic heterocycles. The molecule has 0 saturated heterocycles. The molecule has 0 aliphatic rings. The maximum atomic E-state index is 4.25. The molecule has 4 heteroatoms. The van der Waals surface area contributed by atoms with E-state index in [4.69, 9.17) is 0 Å². The number of nitrogens with one attached hydrogen (secondary N) is 1. The smallest absolute Gasteiger partial charge is 0.106 e. The average molecular weight is 297 g/mol. The normalized spacial score (nSPS) is 12.6. The first kappa shape index (κ1) is 11.8. The van der Waals surface area contributed by atoms with Crippen molar-refractivity contribution in [2.45, 2.75) is 19.5 Å². The van der Waals surface area contributed by atoms with E-state index in [-0.39, 0.29) is 0 Å². The Morgan fingerprint density at radius 3 is 3.06 bits per heavy atom. The molecule has 0 unspecified atom stereocenters. The van der Waals surface area contributed by atoms with Gasteiger partial charge in [-0.2, -0.15) is 0 Å². The summed E-state index contributed by atoms with van der Waals surface area (Å²) >= 11 is 5.16. The van der Waals surface area contributed by atoms with Crippen molar-refractivity contribution in [1.29, 1.82) is 0 Å². The summed E-state index contributed by atoms with van der Waals surface area (Å²) in [7, 11) is 0. The zero-order chi connectivity index (χ0) is 11.4. The minimum Gasteiger partial charge on any atom is -0.304 e. The van der Waals surface area contributed by atoms with Crippen molar-refractivity contribution in [2.24, 2.45) is 0 Å². The lowest BCUT2D eigenvalue weighted by Crippen LogP contribution is -2.17. The molecule has 2 aromatic rings. The number of halogens is 1. The van der Waals surface area contributed by atoms with Crippen molar-refractivity contribution < 1.29 is 0 Å². The molecule has 2 nitrogen and oxygen atoms in total. The number of nitrogens with zero attached hydrogens (tertiary/aromatic N) is 1. The minimum absolute atomic E-state index is 0.335. The maximum absolute atomic E-state index is 4.25. The summed E-state index contributed by atoms with van der Waals surface area (Å²) in [6, 6.07) is 8.70. The van der Waals surface area contributed by atoms with Crippen molar-refractivity contribution in [2.75, 3.05) is 0 Å². The van der Waals surface area contributed by atoms with Gasteiger partial charge in [0.25, 0.3) is 0 Å². The molecule has 0 saturated carbocycles. The van der Waals surface area contributed by atoms with Gasteiger partial charge in [0, 0.05) is 28.6 Å². The van der Waals surface area contributed by atoms with Gasteiger partial charge < -0.3 is 5.32 Å². The fourth-order valence-electron chi connectivity index (χ4n) is 1.47. The summed E-state index contributed by atoms with van der Waals surface area (Å²) in [6.07, 6.45) is 1.84. The molecule has 84 valence electrons. The van der Waals surface area contributed by atoms with E-state index in [2.05, 4.69) is 51.4 Å². The Morgan fingerprint density at radius 1 is 1.50 bits per heavy atom. The molecular weight excluding hydrogens is 284 g/mol. The lowest BCUT2D eigenvalue weighted by molar-refractivity contribution is 0.573. The molecule has 1 atom stereocenters. The molecule has 0 bridgehead atoms. The van der Waals surface area contributed by atoms with Gasteiger partial charge in [-0.25, -0.2) is 4.98 Å². The van der Waals surface area contributed by atoms with E-state index in [0.29, 0.717) is 6.04 Å². The van der Waals surface area contributed by atoms with Crippen molar-refractivity contribution in [3.05, 3.63) is 50.9 Å². The fraction of sp³-hybridized carbons (Fsp3) is 0.250. The second-order valence-corrected chi connectivity index (χ2v) is 5.48. The van der Waals surface area contributed by atoms with Gasteiger partial charge in [0.15, 0.2) is 0 Å². The summed E-state index contributed by atoms with van der Waals surface area (Å²) in [5, 5.41) is 6.58. The Bertz CT molecular complexity index is 442. The zero-order valence-electron chi connectivity index (χ0n) is 8.98. The molecule has 0 radical (unpaired) electrons. The summed E-state index contributed by atoms with van der Waals surface area (Å²) in [6.45, 7) is 2.99. The van der Waals surface area contributed by atoms with E-state index in [1.54, 1.807) is 11.3 Å². The molecule has 1 aromatic carbocycles. The first-order chi connectivity index (χ1) is 7.75. The quantitative estimate of drug-likeness (QED) is 0.929. The van der Waals surface area contributed by atoms with E-state index in [1.807, 2.05) is 17.6 Å². The standard InChI is InChI=1S/C12H13BrN2S/c1-9(10-3-2-4-11(13)7-10)15-8-12-14-5-6-16-12/h2-7,9,15H,8H2,1H3/t9-/m0/s1. The predicted molar refractivity (Wildman–Crippen MR) is 71.5 cm³/mol. The highest BCUT2D eigenvalue weighted by Gasteiger charge is 2.05. The van der Waals surface area contributed by atoms with Crippen LogP contribution in [0.15, 0.2) is 40.3 Å². The third-order valence-electron chi connectivity index (χ3n) is 2.39. The SMILES string of the molecule is C[C@H](NCc1nccs1)c1cccc(Br)c1. The highest BCUT2D eigenvalue weighted by atomic mass is 79.9. The molecule has 1 N–H and O–H groups in total. The fourth-order valence-corrected chi connectivity index (χ4v) is 2.46. The van der Waals surface area contributed by atoms with Gasteiger partial charge in [-0.3, -0.25) is 0 Å². The molecular formula is C12H13BrN2S. The molecule has 0 amide bonds.